The SMILES string of the molecule is C/C=C(\N=N/C)Nc1ccc2ncc(Br)cc2n1. The van der Waals surface area contributed by atoms with E-state index >= 15 is 0 Å². The predicted octanol–water partition coefficient (Wildman–Crippen LogP) is 3.75. The van der Waals surface area contributed by atoms with E-state index in [0.717, 1.165) is 15.5 Å². The number of pyridine rings is 2. The number of fused-ring (bicyclic) bond motifs is 1. The van der Waals surface area contributed by atoms with Crippen LogP contribution in [0.5, 0.6) is 0 Å². The fourth-order valence-corrected chi connectivity index (χ4v) is 1.76. The number of azo groups is 1. The van der Waals surface area contributed by atoms with Crippen molar-refractivity contribution >= 4 is 32.8 Å². The fraction of sp³-hybridized carbons (Fsp3) is 0.167. The summed E-state index contributed by atoms with van der Waals surface area (Å²) in [6.07, 6.45) is 3.58. The summed E-state index contributed by atoms with van der Waals surface area (Å²) in [4.78, 5) is 8.72. The molecule has 0 atom stereocenters. The minimum Gasteiger partial charge on any atom is -0.324 e. The summed E-state index contributed by atoms with van der Waals surface area (Å²) in [5.74, 6) is 1.37. The number of hydrogen-bond acceptors (Lipinski definition) is 5. The van der Waals surface area contributed by atoms with Crippen LogP contribution in [-0.2, 0) is 0 Å². The Morgan fingerprint density at radius 3 is 2.94 bits per heavy atom. The average Bonchev–Trinajstić information content (AvgIpc) is 2.37. The second-order valence-electron chi connectivity index (χ2n) is 3.49. The molecule has 2 aromatic heterocycles. The van der Waals surface area contributed by atoms with Crippen LogP contribution >= 0.6 is 15.9 Å². The molecule has 2 heterocycles. The van der Waals surface area contributed by atoms with E-state index < -0.39 is 0 Å². The van der Waals surface area contributed by atoms with Gasteiger partial charge in [0.1, 0.15) is 11.6 Å². The van der Waals surface area contributed by atoms with Crippen LogP contribution < -0.4 is 5.32 Å². The Labute approximate surface area is 113 Å². The minimum atomic E-state index is 0.660. The van der Waals surface area contributed by atoms with Gasteiger partial charge in [-0.3, -0.25) is 4.98 Å². The van der Waals surface area contributed by atoms with Crippen LogP contribution in [0, 0.1) is 0 Å². The summed E-state index contributed by atoms with van der Waals surface area (Å²) in [5.41, 5.74) is 1.67. The molecular formula is C12H12BrN5. The quantitative estimate of drug-likeness (QED) is 0.878. The second kappa shape index (κ2) is 5.68. The summed E-state index contributed by atoms with van der Waals surface area (Å²) in [6.45, 7) is 1.89. The first kappa shape index (κ1) is 12.6. The Kier molecular flexibility index (Phi) is 3.99. The molecule has 0 fully saturated rings. The molecule has 92 valence electrons. The standard InChI is InChI=1S/C12H12BrN5/c1-3-11(18-14-2)17-12-5-4-9-10(16-12)6-8(13)7-15-9/h3-7H,1-2H3,(H,16,17)/b11-3-,18-14-. The number of aromatic nitrogens is 2. The molecule has 0 amide bonds. The van der Waals surface area contributed by atoms with Gasteiger partial charge in [0.05, 0.1) is 11.0 Å². The van der Waals surface area contributed by atoms with Gasteiger partial charge in [-0.25, -0.2) is 4.98 Å². The Balaban J connectivity index is 2.35. The molecule has 0 saturated heterocycles. The number of nitrogens with zero attached hydrogens (tertiary/aromatic N) is 4. The molecule has 0 unspecified atom stereocenters. The fourth-order valence-electron chi connectivity index (χ4n) is 1.45. The molecule has 5 nitrogen and oxygen atoms in total. The van der Waals surface area contributed by atoms with Crippen LogP contribution in [0.15, 0.2) is 51.0 Å². The molecule has 0 spiro atoms. The van der Waals surface area contributed by atoms with Crippen LogP contribution in [0.2, 0.25) is 0 Å². The number of halogens is 1. The van der Waals surface area contributed by atoms with Crippen molar-refractivity contribution in [1.82, 2.24) is 9.97 Å². The van der Waals surface area contributed by atoms with Crippen LogP contribution in [0.3, 0.4) is 0 Å². The highest BCUT2D eigenvalue weighted by Gasteiger charge is 2.01. The third-order valence-electron chi connectivity index (χ3n) is 2.24. The highest BCUT2D eigenvalue weighted by Crippen LogP contribution is 2.18. The normalized spacial score (nSPS) is 12.3. The average molecular weight is 306 g/mol. The largest absolute Gasteiger partial charge is 0.324 e. The number of hydrogen-bond donors (Lipinski definition) is 1. The molecule has 0 saturated carbocycles. The first-order chi connectivity index (χ1) is 8.72. The molecule has 0 bridgehead atoms. The molecule has 6 heteroatoms. The highest BCUT2D eigenvalue weighted by molar-refractivity contribution is 9.10. The minimum absolute atomic E-state index is 0.660. The number of allylic oxidation sites excluding steroid dienone is 1. The Morgan fingerprint density at radius 1 is 1.39 bits per heavy atom. The van der Waals surface area contributed by atoms with Crippen molar-refractivity contribution in [3.63, 3.8) is 0 Å². The Morgan fingerprint density at radius 2 is 2.22 bits per heavy atom. The van der Waals surface area contributed by atoms with Crippen molar-refractivity contribution in [1.29, 1.82) is 0 Å². The lowest BCUT2D eigenvalue weighted by Crippen LogP contribution is -1.99. The van der Waals surface area contributed by atoms with Crippen molar-refractivity contribution in [3.8, 4) is 0 Å². The molecule has 0 radical (unpaired) electrons. The zero-order chi connectivity index (χ0) is 13.0. The van der Waals surface area contributed by atoms with E-state index in [1.807, 2.05) is 31.2 Å². The first-order valence-electron chi connectivity index (χ1n) is 5.38. The lowest BCUT2D eigenvalue weighted by Gasteiger charge is -2.05. The summed E-state index contributed by atoms with van der Waals surface area (Å²) >= 11 is 3.38. The van der Waals surface area contributed by atoms with E-state index in [0.29, 0.717) is 11.6 Å². The Bertz CT molecular complexity index is 621. The number of anilines is 1. The smallest absolute Gasteiger partial charge is 0.149 e. The van der Waals surface area contributed by atoms with E-state index in [9.17, 15) is 0 Å². The molecule has 0 aliphatic heterocycles. The summed E-state index contributed by atoms with van der Waals surface area (Å²) in [6, 6.07) is 5.69. The van der Waals surface area contributed by atoms with Gasteiger partial charge in [0.25, 0.3) is 0 Å². The van der Waals surface area contributed by atoms with Gasteiger partial charge in [0, 0.05) is 17.7 Å². The molecule has 18 heavy (non-hydrogen) atoms. The lowest BCUT2D eigenvalue weighted by atomic mass is 10.3. The highest BCUT2D eigenvalue weighted by atomic mass is 79.9. The van der Waals surface area contributed by atoms with E-state index in [1.54, 1.807) is 13.2 Å². The second-order valence-corrected chi connectivity index (χ2v) is 4.40. The summed E-state index contributed by atoms with van der Waals surface area (Å²) in [5, 5.41) is 10.8. The number of nitrogens with one attached hydrogen (secondary N) is 1. The monoisotopic (exact) mass is 305 g/mol. The van der Waals surface area contributed by atoms with Crippen LogP contribution in [0.25, 0.3) is 11.0 Å². The van der Waals surface area contributed by atoms with Crippen LogP contribution in [0.4, 0.5) is 5.82 Å². The van der Waals surface area contributed by atoms with Gasteiger partial charge in [-0.15, -0.1) is 5.11 Å². The predicted molar refractivity (Wildman–Crippen MR) is 75.4 cm³/mol. The van der Waals surface area contributed by atoms with Gasteiger partial charge in [-0.2, -0.15) is 5.11 Å². The van der Waals surface area contributed by atoms with Crippen molar-refractivity contribution in [2.75, 3.05) is 12.4 Å². The van der Waals surface area contributed by atoms with Crippen molar-refractivity contribution < 1.29 is 0 Å². The third kappa shape index (κ3) is 2.89. The van der Waals surface area contributed by atoms with Crippen LogP contribution in [-0.4, -0.2) is 17.0 Å². The van der Waals surface area contributed by atoms with Gasteiger partial charge >= 0.3 is 0 Å². The molecule has 2 aromatic rings. The Hall–Kier alpha value is -1.82. The van der Waals surface area contributed by atoms with Gasteiger partial charge in [-0.1, -0.05) is 0 Å². The topological polar surface area (TPSA) is 62.5 Å². The van der Waals surface area contributed by atoms with Crippen molar-refractivity contribution in [2.45, 2.75) is 6.92 Å². The molecule has 0 aliphatic rings. The van der Waals surface area contributed by atoms with E-state index in [1.165, 1.54) is 0 Å². The lowest BCUT2D eigenvalue weighted by molar-refractivity contribution is 1.07. The molecule has 0 aliphatic carbocycles. The first-order valence-corrected chi connectivity index (χ1v) is 6.17. The zero-order valence-corrected chi connectivity index (χ0v) is 11.6. The van der Waals surface area contributed by atoms with Gasteiger partial charge in [0.15, 0.2) is 0 Å². The van der Waals surface area contributed by atoms with E-state index in [-0.39, 0.29) is 0 Å². The molecule has 1 N–H and O–H groups in total. The maximum Gasteiger partial charge on any atom is 0.149 e. The van der Waals surface area contributed by atoms with E-state index in [2.05, 4.69) is 41.4 Å². The molecule has 0 aromatic carbocycles. The summed E-state index contributed by atoms with van der Waals surface area (Å²) < 4.78 is 0.902. The van der Waals surface area contributed by atoms with Gasteiger partial charge < -0.3 is 5.32 Å². The van der Waals surface area contributed by atoms with Gasteiger partial charge in [-0.05, 0) is 47.1 Å². The van der Waals surface area contributed by atoms with Crippen molar-refractivity contribution in [2.24, 2.45) is 10.2 Å². The molecular weight excluding hydrogens is 294 g/mol. The maximum atomic E-state index is 4.46. The molecule has 2 rings (SSSR count). The zero-order valence-electron chi connectivity index (χ0n) is 10.1. The maximum absolute atomic E-state index is 4.46. The van der Waals surface area contributed by atoms with E-state index in [4.69, 9.17) is 0 Å². The summed E-state index contributed by atoms with van der Waals surface area (Å²) in [7, 11) is 1.63. The number of rotatable bonds is 3. The van der Waals surface area contributed by atoms with Crippen LogP contribution in [0.1, 0.15) is 6.92 Å². The van der Waals surface area contributed by atoms with Gasteiger partial charge in [0.2, 0.25) is 0 Å². The van der Waals surface area contributed by atoms with Crippen molar-refractivity contribution in [3.05, 3.63) is 40.8 Å². The third-order valence-corrected chi connectivity index (χ3v) is 2.67.